The number of rotatable bonds is 5. The number of nitrogens with zero attached hydrogens (tertiary/aromatic N) is 5. The number of furan rings is 1. The van der Waals surface area contributed by atoms with Crippen LogP contribution in [0.1, 0.15) is 25.0 Å². The van der Waals surface area contributed by atoms with Crippen LogP contribution in [0, 0.1) is 0 Å². The molecule has 4 aromatic heterocycles. The fourth-order valence-corrected chi connectivity index (χ4v) is 4.81. The van der Waals surface area contributed by atoms with Crippen LogP contribution in [0.15, 0.2) is 58.2 Å². The quantitative estimate of drug-likeness (QED) is 0.462. The Hall–Kier alpha value is -3.52. The number of hydrogen-bond acceptors (Lipinski definition) is 5. The number of hydrogen-bond donors (Lipinski definition) is 1. The highest BCUT2D eigenvalue weighted by molar-refractivity contribution is 6.04. The van der Waals surface area contributed by atoms with E-state index in [1.807, 2.05) is 36.4 Å². The Kier molecular flexibility index (Phi) is 4.72. The van der Waals surface area contributed by atoms with E-state index in [0.29, 0.717) is 28.9 Å². The van der Waals surface area contributed by atoms with E-state index in [2.05, 4.69) is 4.57 Å². The molecular formula is C24H25N6O2+. The third-order valence-corrected chi connectivity index (χ3v) is 6.47. The monoisotopic (exact) mass is 429 g/mol. The maximum Gasteiger partial charge on any atom is 0.265 e. The van der Waals surface area contributed by atoms with E-state index in [9.17, 15) is 4.79 Å². The maximum atomic E-state index is 13.5. The molecule has 8 heteroatoms. The summed E-state index contributed by atoms with van der Waals surface area (Å²) in [6.45, 7) is 4.49. The lowest BCUT2D eigenvalue weighted by Crippen LogP contribution is -3.13. The Morgan fingerprint density at radius 3 is 2.56 bits per heavy atom. The zero-order valence-corrected chi connectivity index (χ0v) is 17.8. The predicted octanol–water partition coefficient (Wildman–Crippen LogP) is 2.00. The molecule has 6 rings (SSSR count). The van der Waals surface area contributed by atoms with Gasteiger partial charge in [0.25, 0.3) is 5.56 Å². The summed E-state index contributed by atoms with van der Waals surface area (Å²) in [5.74, 6) is 0.710. The molecule has 5 aromatic rings. The molecule has 0 aliphatic carbocycles. The molecule has 1 aliphatic heterocycles. The van der Waals surface area contributed by atoms with Gasteiger partial charge in [0.1, 0.15) is 23.0 Å². The normalized spacial score (nSPS) is 15.2. The third-order valence-electron chi connectivity index (χ3n) is 6.47. The summed E-state index contributed by atoms with van der Waals surface area (Å²) in [6.07, 6.45) is 7.10. The van der Waals surface area contributed by atoms with Gasteiger partial charge in [-0.15, -0.1) is 0 Å². The van der Waals surface area contributed by atoms with Gasteiger partial charge in [-0.3, -0.25) is 9.36 Å². The van der Waals surface area contributed by atoms with E-state index < -0.39 is 0 Å². The van der Waals surface area contributed by atoms with Gasteiger partial charge in [-0.2, -0.15) is 0 Å². The third kappa shape index (κ3) is 3.27. The summed E-state index contributed by atoms with van der Waals surface area (Å²) in [6, 6.07) is 11.5. The van der Waals surface area contributed by atoms with Gasteiger partial charge in [0.05, 0.1) is 50.0 Å². The highest BCUT2D eigenvalue weighted by Gasteiger charge is 2.21. The minimum atomic E-state index is -0.120. The standard InChI is InChI=1S/C24H24N6O2/c31-24-20-21-23(27-19-9-3-2-8-18(19)26-21)30(13-12-28-10-4-1-5-11-28)22(20)25-16-29(24)15-17-7-6-14-32-17/h2-3,6-9,14,16H,1,4-5,10-13,15H2/p+1. The zero-order valence-electron chi connectivity index (χ0n) is 17.8. The van der Waals surface area contributed by atoms with Crippen LogP contribution in [0.2, 0.25) is 0 Å². The first-order valence-corrected chi connectivity index (χ1v) is 11.3. The summed E-state index contributed by atoms with van der Waals surface area (Å²) in [5, 5.41) is 0.529. The molecule has 0 amide bonds. The number of para-hydroxylation sites is 2. The molecule has 8 nitrogen and oxygen atoms in total. The first-order chi connectivity index (χ1) is 15.8. The van der Waals surface area contributed by atoms with Crippen molar-refractivity contribution in [3.63, 3.8) is 0 Å². The Bertz CT molecular complexity index is 1460. The molecule has 5 heterocycles. The lowest BCUT2D eigenvalue weighted by molar-refractivity contribution is -0.905. The van der Waals surface area contributed by atoms with Crippen LogP contribution < -0.4 is 10.5 Å². The van der Waals surface area contributed by atoms with Crippen molar-refractivity contribution < 1.29 is 9.32 Å². The van der Waals surface area contributed by atoms with Crippen molar-refractivity contribution in [3.05, 3.63) is 65.1 Å². The molecule has 0 unspecified atom stereocenters. The topological polar surface area (TPSA) is 83.2 Å². The fraction of sp³-hybridized carbons (Fsp3) is 0.333. The van der Waals surface area contributed by atoms with Crippen molar-refractivity contribution in [1.29, 1.82) is 0 Å². The molecule has 1 fully saturated rings. The van der Waals surface area contributed by atoms with E-state index in [0.717, 1.165) is 29.8 Å². The SMILES string of the molecule is O=c1c2c3nc4ccccc4nc3n(CC[NH+]3CCCCC3)c2ncn1Cc1ccco1. The van der Waals surface area contributed by atoms with Crippen molar-refractivity contribution in [3.8, 4) is 0 Å². The summed E-state index contributed by atoms with van der Waals surface area (Å²) >= 11 is 0. The molecule has 0 spiro atoms. The van der Waals surface area contributed by atoms with Crippen LogP contribution >= 0.6 is 0 Å². The fourth-order valence-electron chi connectivity index (χ4n) is 4.81. The average molecular weight is 430 g/mol. The highest BCUT2D eigenvalue weighted by Crippen LogP contribution is 2.24. The van der Waals surface area contributed by atoms with Crippen LogP contribution in [-0.4, -0.2) is 43.7 Å². The van der Waals surface area contributed by atoms with Gasteiger partial charge in [0.15, 0.2) is 11.3 Å². The van der Waals surface area contributed by atoms with Gasteiger partial charge in [-0.1, -0.05) is 12.1 Å². The predicted molar refractivity (Wildman–Crippen MR) is 122 cm³/mol. The van der Waals surface area contributed by atoms with Gasteiger partial charge in [-0.25, -0.2) is 15.0 Å². The molecule has 0 radical (unpaired) electrons. The lowest BCUT2D eigenvalue weighted by Gasteiger charge is -2.23. The molecule has 1 N–H and O–H groups in total. The van der Waals surface area contributed by atoms with Crippen LogP contribution in [0.3, 0.4) is 0 Å². The number of fused-ring (bicyclic) bond motifs is 4. The molecule has 1 aliphatic rings. The number of aromatic nitrogens is 5. The number of piperidine rings is 1. The Morgan fingerprint density at radius 1 is 0.969 bits per heavy atom. The van der Waals surface area contributed by atoms with Crippen molar-refractivity contribution >= 4 is 33.2 Å². The van der Waals surface area contributed by atoms with E-state index in [1.54, 1.807) is 22.1 Å². The van der Waals surface area contributed by atoms with Gasteiger partial charge in [0, 0.05) is 0 Å². The van der Waals surface area contributed by atoms with Crippen LogP contribution in [-0.2, 0) is 13.1 Å². The van der Waals surface area contributed by atoms with Gasteiger partial charge in [0.2, 0.25) is 0 Å². The van der Waals surface area contributed by atoms with Gasteiger partial charge < -0.3 is 13.9 Å². The van der Waals surface area contributed by atoms with E-state index >= 15 is 0 Å². The van der Waals surface area contributed by atoms with Crippen LogP contribution in [0.4, 0.5) is 0 Å². The summed E-state index contributed by atoms with van der Waals surface area (Å²) in [5.41, 5.74) is 3.50. The zero-order chi connectivity index (χ0) is 21.5. The maximum absolute atomic E-state index is 13.5. The molecule has 32 heavy (non-hydrogen) atoms. The molecule has 162 valence electrons. The summed E-state index contributed by atoms with van der Waals surface area (Å²) < 4.78 is 9.11. The number of quaternary nitrogens is 1. The summed E-state index contributed by atoms with van der Waals surface area (Å²) in [4.78, 5) is 29.6. The molecule has 0 atom stereocenters. The van der Waals surface area contributed by atoms with E-state index in [-0.39, 0.29) is 5.56 Å². The number of nitrogens with one attached hydrogen (secondary N) is 1. The highest BCUT2D eigenvalue weighted by atomic mass is 16.3. The summed E-state index contributed by atoms with van der Waals surface area (Å²) in [7, 11) is 0. The second-order valence-electron chi connectivity index (χ2n) is 8.55. The van der Waals surface area contributed by atoms with E-state index in [1.165, 1.54) is 32.4 Å². The van der Waals surface area contributed by atoms with Gasteiger partial charge in [-0.05, 0) is 43.5 Å². The lowest BCUT2D eigenvalue weighted by atomic mass is 10.1. The van der Waals surface area contributed by atoms with Crippen molar-refractivity contribution in [2.75, 3.05) is 19.6 Å². The Balaban J connectivity index is 1.52. The van der Waals surface area contributed by atoms with Crippen LogP contribution in [0.5, 0.6) is 0 Å². The average Bonchev–Trinajstić information content (AvgIpc) is 3.45. The van der Waals surface area contributed by atoms with Crippen molar-refractivity contribution in [2.24, 2.45) is 0 Å². The molecule has 0 saturated carbocycles. The second kappa shape index (κ2) is 7.87. The largest absolute Gasteiger partial charge is 0.467 e. The van der Waals surface area contributed by atoms with Crippen molar-refractivity contribution in [2.45, 2.75) is 32.4 Å². The first kappa shape index (κ1) is 19.2. The molecule has 1 saturated heterocycles. The Morgan fingerprint density at radius 2 is 1.78 bits per heavy atom. The minimum absolute atomic E-state index is 0.120. The molecular weight excluding hydrogens is 404 g/mol. The smallest absolute Gasteiger partial charge is 0.265 e. The molecule has 1 aromatic carbocycles. The molecule has 0 bridgehead atoms. The number of benzene rings is 1. The van der Waals surface area contributed by atoms with Crippen molar-refractivity contribution in [1.82, 2.24) is 24.1 Å². The van der Waals surface area contributed by atoms with Gasteiger partial charge >= 0.3 is 0 Å². The Labute approximate surface area is 184 Å². The second-order valence-corrected chi connectivity index (χ2v) is 8.55. The first-order valence-electron chi connectivity index (χ1n) is 11.3. The minimum Gasteiger partial charge on any atom is -0.467 e. The number of likely N-dealkylation sites (tertiary alicyclic amines) is 1. The van der Waals surface area contributed by atoms with Crippen LogP contribution in [0.25, 0.3) is 33.2 Å². The van der Waals surface area contributed by atoms with E-state index in [4.69, 9.17) is 19.4 Å².